The van der Waals surface area contributed by atoms with Crippen molar-refractivity contribution in [3.05, 3.63) is 23.3 Å². The number of carbonyl (C=O) groups is 1. The van der Waals surface area contributed by atoms with Gasteiger partial charge in [0.15, 0.2) is 0 Å². The van der Waals surface area contributed by atoms with Gasteiger partial charge in [0.05, 0.1) is 12.0 Å². The second-order valence-electron chi connectivity index (χ2n) is 3.81. The zero-order valence-electron chi connectivity index (χ0n) is 10.4. The molecule has 0 unspecified atom stereocenters. The molecule has 0 aromatic heterocycles. The van der Waals surface area contributed by atoms with E-state index in [1.807, 2.05) is 4.72 Å². The Balaban J connectivity index is 3.17. The van der Waals surface area contributed by atoms with Crippen LogP contribution in [0.3, 0.4) is 0 Å². The van der Waals surface area contributed by atoms with E-state index in [1.54, 1.807) is 19.9 Å². The Morgan fingerprint density at radius 3 is 2.44 bits per heavy atom. The van der Waals surface area contributed by atoms with Gasteiger partial charge in [0, 0.05) is 0 Å². The fourth-order valence-electron chi connectivity index (χ4n) is 1.51. The van der Waals surface area contributed by atoms with Crippen molar-refractivity contribution in [2.45, 2.75) is 18.7 Å². The Morgan fingerprint density at radius 2 is 1.94 bits per heavy atom. The van der Waals surface area contributed by atoms with Crippen LogP contribution in [0.5, 0.6) is 5.75 Å². The maximum absolute atomic E-state index is 11.9. The summed E-state index contributed by atoms with van der Waals surface area (Å²) >= 11 is 0. The first-order valence-corrected chi connectivity index (χ1v) is 6.63. The molecule has 7 heteroatoms. The zero-order valence-corrected chi connectivity index (χ0v) is 11.2. The van der Waals surface area contributed by atoms with Gasteiger partial charge in [-0.15, -0.1) is 0 Å². The lowest BCUT2D eigenvalue weighted by atomic mass is 10.1. The molecule has 0 aliphatic heterocycles. The van der Waals surface area contributed by atoms with E-state index in [0.717, 1.165) is 0 Å². The number of aryl methyl sites for hydroxylation is 2. The number of ether oxygens (including phenoxy) is 1. The third-order valence-corrected chi connectivity index (χ3v) is 3.94. The molecule has 6 nitrogen and oxygen atoms in total. The number of sulfonamides is 1. The SMILES string of the molecule is COc1cc(C)c(S(=O)(=O)NCC(=O)O)cc1C. The van der Waals surface area contributed by atoms with Crippen LogP contribution >= 0.6 is 0 Å². The van der Waals surface area contributed by atoms with E-state index in [1.165, 1.54) is 13.2 Å². The fraction of sp³-hybridized carbons (Fsp3) is 0.364. The van der Waals surface area contributed by atoms with Gasteiger partial charge in [-0.25, -0.2) is 8.42 Å². The molecule has 0 spiro atoms. The summed E-state index contributed by atoms with van der Waals surface area (Å²) in [5, 5.41) is 8.48. The molecule has 1 rings (SSSR count). The second kappa shape index (κ2) is 5.36. The van der Waals surface area contributed by atoms with Gasteiger partial charge >= 0.3 is 5.97 Å². The van der Waals surface area contributed by atoms with Crippen LogP contribution in [0.25, 0.3) is 0 Å². The molecule has 0 bridgehead atoms. The van der Waals surface area contributed by atoms with E-state index in [2.05, 4.69) is 0 Å². The molecule has 100 valence electrons. The highest BCUT2D eigenvalue weighted by atomic mass is 32.2. The number of hydrogen-bond donors (Lipinski definition) is 2. The number of methoxy groups -OCH3 is 1. The van der Waals surface area contributed by atoms with Crippen molar-refractivity contribution in [2.75, 3.05) is 13.7 Å². The summed E-state index contributed by atoms with van der Waals surface area (Å²) in [6.45, 7) is 2.69. The minimum atomic E-state index is -3.82. The minimum Gasteiger partial charge on any atom is -0.496 e. The number of carboxylic acids is 1. The van der Waals surface area contributed by atoms with Gasteiger partial charge in [-0.05, 0) is 37.1 Å². The van der Waals surface area contributed by atoms with Crippen molar-refractivity contribution < 1.29 is 23.1 Å². The first-order valence-electron chi connectivity index (χ1n) is 5.14. The predicted molar refractivity (Wildman–Crippen MR) is 65.3 cm³/mol. The molecule has 18 heavy (non-hydrogen) atoms. The molecule has 0 aliphatic rings. The van der Waals surface area contributed by atoms with Crippen LogP contribution in [0.4, 0.5) is 0 Å². The molecule has 0 aliphatic carbocycles. The first kappa shape index (κ1) is 14.5. The summed E-state index contributed by atoms with van der Waals surface area (Å²) in [5.74, 6) is -0.647. The summed E-state index contributed by atoms with van der Waals surface area (Å²) in [6.07, 6.45) is 0. The summed E-state index contributed by atoms with van der Waals surface area (Å²) in [4.78, 5) is 10.4. The average molecular weight is 273 g/mol. The third kappa shape index (κ3) is 3.21. The summed E-state index contributed by atoms with van der Waals surface area (Å²) < 4.78 is 30.9. The molecule has 0 saturated carbocycles. The van der Waals surface area contributed by atoms with Crippen molar-refractivity contribution >= 4 is 16.0 Å². The van der Waals surface area contributed by atoms with Gasteiger partial charge < -0.3 is 9.84 Å². The highest BCUT2D eigenvalue weighted by molar-refractivity contribution is 7.89. The molecule has 0 heterocycles. The van der Waals surface area contributed by atoms with E-state index >= 15 is 0 Å². The lowest BCUT2D eigenvalue weighted by Crippen LogP contribution is -2.29. The van der Waals surface area contributed by atoms with Crippen LogP contribution in [-0.4, -0.2) is 33.1 Å². The predicted octanol–water partition coefficient (Wildman–Crippen LogP) is 0.675. The lowest BCUT2D eigenvalue weighted by Gasteiger charge is -2.12. The van der Waals surface area contributed by atoms with Crippen molar-refractivity contribution in [3.63, 3.8) is 0 Å². The molecular weight excluding hydrogens is 258 g/mol. The van der Waals surface area contributed by atoms with Gasteiger partial charge in [-0.3, -0.25) is 4.79 Å². The largest absolute Gasteiger partial charge is 0.496 e. The smallest absolute Gasteiger partial charge is 0.318 e. The number of carboxylic acid groups (broad SMARTS) is 1. The molecule has 0 radical (unpaired) electrons. The molecular formula is C11H15NO5S. The van der Waals surface area contributed by atoms with Gasteiger partial charge in [0.25, 0.3) is 0 Å². The zero-order chi connectivity index (χ0) is 13.9. The van der Waals surface area contributed by atoms with Crippen LogP contribution in [0, 0.1) is 13.8 Å². The molecule has 1 aromatic carbocycles. The lowest BCUT2D eigenvalue weighted by molar-refractivity contribution is -0.135. The normalized spacial score (nSPS) is 11.3. The van der Waals surface area contributed by atoms with Gasteiger partial charge in [-0.2, -0.15) is 4.72 Å². The molecule has 0 atom stereocenters. The van der Waals surface area contributed by atoms with Crippen LogP contribution in [0.1, 0.15) is 11.1 Å². The van der Waals surface area contributed by atoms with E-state index in [-0.39, 0.29) is 4.90 Å². The molecule has 1 aromatic rings. The first-order chi connectivity index (χ1) is 8.27. The van der Waals surface area contributed by atoms with Gasteiger partial charge in [0.1, 0.15) is 12.3 Å². The Kier molecular flexibility index (Phi) is 4.31. The fourth-order valence-corrected chi connectivity index (χ4v) is 2.79. The average Bonchev–Trinajstić information content (AvgIpc) is 2.29. The maximum Gasteiger partial charge on any atom is 0.318 e. The highest BCUT2D eigenvalue weighted by Crippen LogP contribution is 2.25. The van der Waals surface area contributed by atoms with E-state index in [0.29, 0.717) is 16.9 Å². The molecule has 0 fully saturated rings. The minimum absolute atomic E-state index is 0.0575. The van der Waals surface area contributed by atoms with Crippen molar-refractivity contribution in [1.82, 2.24) is 4.72 Å². The molecule has 0 amide bonds. The number of nitrogens with one attached hydrogen (secondary N) is 1. The quantitative estimate of drug-likeness (QED) is 0.822. The second-order valence-corrected chi connectivity index (χ2v) is 5.54. The topological polar surface area (TPSA) is 92.7 Å². The Hall–Kier alpha value is -1.60. The van der Waals surface area contributed by atoms with E-state index in [4.69, 9.17) is 9.84 Å². The number of rotatable bonds is 5. The van der Waals surface area contributed by atoms with Crippen LogP contribution < -0.4 is 9.46 Å². The van der Waals surface area contributed by atoms with Crippen molar-refractivity contribution in [2.24, 2.45) is 0 Å². The Morgan fingerprint density at radius 1 is 1.33 bits per heavy atom. The molecule has 0 saturated heterocycles. The Bertz CT molecular complexity index is 565. The van der Waals surface area contributed by atoms with Gasteiger partial charge in [0.2, 0.25) is 10.0 Å². The Labute approximate surface area is 106 Å². The van der Waals surface area contributed by atoms with Crippen LogP contribution in [-0.2, 0) is 14.8 Å². The number of benzene rings is 1. The van der Waals surface area contributed by atoms with Gasteiger partial charge in [-0.1, -0.05) is 0 Å². The van der Waals surface area contributed by atoms with Crippen molar-refractivity contribution in [3.8, 4) is 5.75 Å². The monoisotopic (exact) mass is 273 g/mol. The standard InChI is InChI=1S/C11H15NO5S/c1-7-5-10(8(2)4-9(7)17-3)18(15,16)12-6-11(13)14/h4-5,12H,6H2,1-3H3,(H,13,14). The number of hydrogen-bond acceptors (Lipinski definition) is 4. The number of aliphatic carboxylic acids is 1. The van der Waals surface area contributed by atoms with Crippen molar-refractivity contribution in [1.29, 1.82) is 0 Å². The maximum atomic E-state index is 11.9. The van der Waals surface area contributed by atoms with Crippen LogP contribution in [0.2, 0.25) is 0 Å². The summed E-state index contributed by atoms with van der Waals surface area (Å²) in [7, 11) is -2.32. The summed E-state index contributed by atoms with van der Waals surface area (Å²) in [6, 6.07) is 3.06. The highest BCUT2D eigenvalue weighted by Gasteiger charge is 2.19. The third-order valence-electron chi connectivity index (χ3n) is 2.40. The van der Waals surface area contributed by atoms with E-state index < -0.39 is 22.5 Å². The van der Waals surface area contributed by atoms with E-state index in [9.17, 15) is 13.2 Å². The summed E-state index contributed by atoms with van der Waals surface area (Å²) in [5.41, 5.74) is 1.16. The van der Waals surface area contributed by atoms with Crippen LogP contribution in [0.15, 0.2) is 17.0 Å². The molecule has 2 N–H and O–H groups in total.